The molecule has 0 bridgehead atoms. The lowest BCUT2D eigenvalue weighted by atomic mass is 10.2. The maximum Gasteiger partial charge on any atom is 0.416 e. The number of aromatic nitrogens is 3. The van der Waals surface area contributed by atoms with Crippen molar-refractivity contribution in [1.82, 2.24) is 15.0 Å². The summed E-state index contributed by atoms with van der Waals surface area (Å²) in [6, 6.07) is 7.79. The van der Waals surface area contributed by atoms with E-state index in [0.29, 0.717) is 22.1 Å². The number of hydrogen-bond donors (Lipinski definition) is 3. The second-order valence-electron chi connectivity index (χ2n) is 5.29. The zero-order valence-electron chi connectivity index (χ0n) is 13.5. The highest BCUT2D eigenvalue weighted by Gasteiger charge is 2.30. The van der Waals surface area contributed by atoms with Crippen LogP contribution in [0.5, 0.6) is 0 Å². The van der Waals surface area contributed by atoms with Crippen molar-refractivity contribution in [3.05, 3.63) is 65.1 Å². The Balaban J connectivity index is 1.88. The fraction of sp³-hybridized carbons (Fsp3) is 0.0588. The van der Waals surface area contributed by atoms with Gasteiger partial charge in [-0.25, -0.2) is 15.0 Å². The quantitative estimate of drug-likeness (QED) is 0.530. The number of hydrogen-bond acceptors (Lipinski definition) is 6. The Morgan fingerprint density at radius 3 is 2.19 bits per heavy atom. The molecule has 0 aliphatic heterocycles. The Labute approximate surface area is 157 Å². The van der Waals surface area contributed by atoms with Gasteiger partial charge < -0.3 is 16.0 Å². The van der Waals surface area contributed by atoms with Crippen LogP contribution in [0.25, 0.3) is 0 Å². The Kier molecular flexibility index (Phi) is 5.22. The van der Waals surface area contributed by atoms with Gasteiger partial charge in [0.25, 0.3) is 0 Å². The summed E-state index contributed by atoms with van der Waals surface area (Å²) in [5.41, 5.74) is -0.0825. The number of rotatable bonds is 5. The number of halogens is 4. The molecule has 0 aliphatic rings. The number of alkyl halides is 3. The number of benzene rings is 1. The third kappa shape index (κ3) is 4.32. The van der Waals surface area contributed by atoms with Crippen LogP contribution in [0.15, 0.2) is 48.9 Å². The van der Waals surface area contributed by atoms with E-state index in [2.05, 4.69) is 25.6 Å². The zero-order valence-corrected chi connectivity index (χ0v) is 14.3. The molecule has 0 spiro atoms. The minimum atomic E-state index is -4.41. The number of nitrogens with zero attached hydrogens (tertiary/aromatic N) is 3. The third-order valence-corrected chi connectivity index (χ3v) is 3.80. The normalized spacial score (nSPS) is 11.1. The SMILES string of the molecule is N=Cc1c(Nc2ccc(C(F)(F)F)cc2)ncnc1Nc1ncccc1Cl. The van der Waals surface area contributed by atoms with E-state index in [1.54, 1.807) is 18.3 Å². The molecular weight excluding hydrogens is 381 g/mol. The average Bonchev–Trinajstić information content (AvgIpc) is 2.64. The highest BCUT2D eigenvalue weighted by Crippen LogP contribution is 2.31. The monoisotopic (exact) mass is 392 g/mol. The highest BCUT2D eigenvalue weighted by molar-refractivity contribution is 6.33. The molecule has 2 aromatic heterocycles. The van der Waals surface area contributed by atoms with E-state index in [-0.39, 0.29) is 11.6 Å². The van der Waals surface area contributed by atoms with Crippen LogP contribution in [0, 0.1) is 5.41 Å². The summed E-state index contributed by atoms with van der Waals surface area (Å²) in [6.07, 6.45) is -0.600. The van der Waals surface area contributed by atoms with Crippen LogP contribution in [-0.2, 0) is 6.18 Å². The van der Waals surface area contributed by atoms with Crippen LogP contribution in [0.4, 0.5) is 36.3 Å². The van der Waals surface area contributed by atoms with Crippen LogP contribution < -0.4 is 10.6 Å². The average molecular weight is 393 g/mol. The molecule has 3 N–H and O–H groups in total. The minimum absolute atomic E-state index is 0.245. The summed E-state index contributed by atoms with van der Waals surface area (Å²) in [4.78, 5) is 12.2. The van der Waals surface area contributed by atoms with Crippen molar-refractivity contribution < 1.29 is 13.2 Å². The first-order valence-electron chi connectivity index (χ1n) is 7.56. The van der Waals surface area contributed by atoms with Crippen LogP contribution in [0.2, 0.25) is 5.02 Å². The van der Waals surface area contributed by atoms with Crippen LogP contribution in [0.1, 0.15) is 11.1 Å². The Morgan fingerprint density at radius 2 is 1.59 bits per heavy atom. The van der Waals surface area contributed by atoms with Crippen molar-refractivity contribution in [3.8, 4) is 0 Å². The molecule has 138 valence electrons. The molecule has 0 atom stereocenters. The lowest BCUT2D eigenvalue weighted by molar-refractivity contribution is -0.137. The standard InChI is InChI=1S/C17H12ClF3N6/c18-13-2-1-7-23-16(13)27-15-12(8-22)14(24-9-25-15)26-11-5-3-10(4-6-11)17(19,20)21/h1-9,22H,(H2,23,24,25,26,27). The van der Waals surface area contributed by atoms with Crippen molar-refractivity contribution in [2.45, 2.75) is 6.18 Å². The second kappa shape index (κ2) is 7.58. The van der Waals surface area contributed by atoms with Crippen molar-refractivity contribution in [3.63, 3.8) is 0 Å². The van der Waals surface area contributed by atoms with Crippen molar-refractivity contribution in [2.24, 2.45) is 0 Å². The van der Waals surface area contributed by atoms with Gasteiger partial charge in [-0.3, -0.25) is 0 Å². The summed E-state index contributed by atoms with van der Waals surface area (Å²) in [5, 5.41) is 13.8. The fourth-order valence-electron chi connectivity index (χ4n) is 2.20. The number of anilines is 4. The molecule has 0 saturated heterocycles. The van der Waals surface area contributed by atoms with Crippen molar-refractivity contribution >= 4 is 41.0 Å². The number of pyridine rings is 1. The fourth-order valence-corrected chi connectivity index (χ4v) is 2.37. The summed E-state index contributed by atoms with van der Waals surface area (Å²) in [6.45, 7) is 0. The molecule has 0 aliphatic carbocycles. The maximum atomic E-state index is 12.7. The van der Waals surface area contributed by atoms with E-state index in [9.17, 15) is 13.2 Å². The number of nitrogens with one attached hydrogen (secondary N) is 3. The van der Waals surface area contributed by atoms with E-state index in [0.717, 1.165) is 18.3 Å². The summed E-state index contributed by atoms with van der Waals surface area (Å²) < 4.78 is 38.0. The molecule has 0 radical (unpaired) electrons. The lowest BCUT2D eigenvalue weighted by Gasteiger charge is -2.13. The molecule has 2 heterocycles. The molecule has 0 unspecified atom stereocenters. The molecule has 6 nitrogen and oxygen atoms in total. The summed E-state index contributed by atoms with van der Waals surface area (Å²) in [7, 11) is 0. The molecule has 0 fully saturated rings. The van der Waals surface area contributed by atoms with Gasteiger partial charge in [0, 0.05) is 18.1 Å². The third-order valence-electron chi connectivity index (χ3n) is 3.50. The van der Waals surface area contributed by atoms with E-state index in [1.165, 1.54) is 18.5 Å². The second-order valence-corrected chi connectivity index (χ2v) is 5.70. The van der Waals surface area contributed by atoms with E-state index in [4.69, 9.17) is 17.0 Å². The van der Waals surface area contributed by atoms with Gasteiger partial charge in [0.2, 0.25) is 0 Å². The summed E-state index contributed by atoms with van der Waals surface area (Å²) in [5.74, 6) is 0.866. The van der Waals surface area contributed by atoms with Crippen LogP contribution in [-0.4, -0.2) is 21.2 Å². The largest absolute Gasteiger partial charge is 0.416 e. The predicted octanol–water partition coefficient (Wildman–Crippen LogP) is 5.03. The molecular formula is C17H12ClF3N6. The Morgan fingerprint density at radius 1 is 0.926 bits per heavy atom. The van der Waals surface area contributed by atoms with Gasteiger partial charge in [-0.15, -0.1) is 0 Å². The highest BCUT2D eigenvalue weighted by atomic mass is 35.5. The smallest absolute Gasteiger partial charge is 0.340 e. The molecule has 1 aromatic carbocycles. The van der Waals surface area contributed by atoms with Gasteiger partial charge in [0.1, 0.15) is 23.8 Å². The van der Waals surface area contributed by atoms with Gasteiger partial charge in [-0.1, -0.05) is 11.6 Å². The van der Waals surface area contributed by atoms with E-state index in [1.807, 2.05) is 0 Å². The van der Waals surface area contributed by atoms with Gasteiger partial charge in [0.05, 0.1) is 16.1 Å². The maximum absolute atomic E-state index is 12.7. The molecule has 0 amide bonds. The van der Waals surface area contributed by atoms with E-state index < -0.39 is 11.7 Å². The first kappa shape index (κ1) is 18.6. The van der Waals surface area contributed by atoms with Gasteiger partial charge >= 0.3 is 6.18 Å². The lowest BCUT2D eigenvalue weighted by Crippen LogP contribution is -2.07. The molecule has 27 heavy (non-hydrogen) atoms. The van der Waals surface area contributed by atoms with Crippen LogP contribution >= 0.6 is 11.6 Å². The Bertz CT molecular complexity index is 960. The first-order chi connectivity index (χ1) is 12.9. The van der Waals surface area contributed by atoms with Crippen molar-refractivity contribution in [2.75, 3.05) is 10.6 Å². The predicted molar refractivity (Wildman–Crippen MR) is 97.2 cm³/mol. The van der Waals surface area contributed by atoms with Gasteiger partial charge in [-0.05, 0) is 36.4 Å². The van der Waals surface area contributed by atoms with Gasteiger partial charge in [0.15, 0.2) is 0 Å². The minimum Gasteiger partial charge on any atom is -0.340 e. The van der Waals surface area contributed by atoms with E-state index >= 15 is 0 Å². The molecule has 10 heteroatoms. The molecule has 3 aromatic rings. The Hall–Kier alpha value is -3.20. The molecule has 3 rings (SSSR count). The van der Waals surface area contributed by atoms with Crippen LogP contribution in [0.3, 0.4) is 0 Å². The molecule has 0 saturated carbocycles. The zero-order chi connectivity index (χ0) is 19.4. The first-order valence-corrected chi connectivity index (χ1v) is 7.93. The van der Waals surface area contributed by atoms with Gasteiger partial charge in [-0.2, -0.15) is 13.2 Å². The van der Waals surface area contributed by atoms with Crippen molar-refractivity contribution in [1.29, 1.82) is 5.41 Å². The summed E-state index contributed by atoms with van der Waals surface area (Å²) >= 11 is 6.06. The topological polar surface area (TPSA) is 86.6 Å².